The minimum atomic E-state index is -0.0831. The topological polar surface area (TPSA) is 72.9 Å². The molecule has 23 heavy (non-hydrogen) atoms. The average molecular weight is 319 g/mol. The zero-order valence-corrected chi connectivity index (χ0v) is 13.6. The first-order valence-electron chi connectivity index (χ1n) is 8.06. The molecule has 2 rings (SSSR count). The third kappa shape index (κ3) is 4.69. The Labute approximate surface area is 137 Å². The molecule has 126 valence electrons. The molecule has 1 heterocycles. The molecule has 1 saturated heterocycles. The Hall–Kier alpha value is -2.08. The summed E-state index contributed by atoms with van der Waals surface area (Å²) in [5, 5.41) is 11.7. The van der Waals surface area contributed by atoms with Crippen LogP contribution in [-0.2, 0) is 9.59 Å². The molecule has 0 spiro atoms. The van der Waals surface area contributed by atoms with E-state index in [0.29, 0.717) is 12.5 Å². The van der Waals surface area contributed by atoms with Crippen molar-refractivity contribution in [3.63, 3.8) is 0 Å². The molecule has 2 N–H and O–H groups in total. The predicted octanol–water partition coefficient (Wildman–Crippen LogP) is 0.994. The number of aliphatic hydroxyl groups excluding tert-OH is 1. The lowest BCUT2D eigenvalue weighted by atomic mass is 9.97. The maximum atomic E-state index is 11.3. The molecular weight excluding hydrogens is 294 g/mol. The Bertz CT molecular complexity index is 510. The van der Waals surface area contributed by atoms with Crippen molar-refractivity contribution in [3.8, 4) is 0 Å². The van der Waals surface area contributed by atoms with E-state index in [9.17, 15) is 14.7 Å². The number of piperidine rings is 1. The normalized spacial score (nSPS) is 15.3. The lowest BCUT2D eigenvalue weighted by molar-refractivity contribution is -0.120. The molecule has 2 amide bonds. The highest BCUT2D eigenvalue weighted by Gasteiger charge is 2.18. The van der Waals surface area contributed by atoms with E-state index < -0.39 is 0 Å². The number of aliphatic hydroxyl groups is 1. The van der Waals surface area contributed by atoms with Crippen LogP contribution >= 0.6 is 0 Å². The number of hydrogen-bond donors (Lipinski definition) is 2. The summed E-state index contributed by atoms with van der Waals surface area (Å²) < 4.78 is 0. The molecule has 0 aliphatic carbocycles. The number of nitrogens with one attached hydrogen (secondary N) is 1. The zero-order chi connectivity index (χ0) is 16.7. The third-order valence-electron chi connectivity index (χ3n) is 4.41. The summed E-state index contributed by atoms with van der Waals surface area (Å²) in [6.45, 7) is 2.52. The number of carbonyl (C=O) groups is 2. The van der Waals surface area contributed by atoms with E-state index in [1.807, 2.05) is 24.3 Å². The van der Waals surface area contributed by atoms with E-state index in [4.69, 9.17) is 0 Å². The Kier molecular flexibility index (Phi) is 6.40. The largest absolute Gasteiger partial charge is 0.396 e. The number of nitrogens with zero attached hydrogens (tertiary/aromatic N) is 2. The van der Waals surface area contributed by atoms with Gasteiger partial charge in [-0.15, -0.1) is 0 Å². The van der Waals surface area contributed by atoms with Gasteiger partial charge in [-0.2, -0.15) is 0 Å². The average Bonchev–Trinajstić information content (AvgIpc) is 2.62. The second-order valence-electron chi connectivity index (χ2n) is 5.85. The lowest BCUT2D eigenvalue weighted by Crippen LogP contribution is -2.34. The SMILES string of the molecule is CNC(=O)CCN(C=O)c1ccc(N2CCC(CO)CC2)cc1. The molecule has 0 saturated carbocycles. The van der Waals surface area contributed by atoms with Crippen molar-refractivity contribution in [1.29, 1.82) is 0 Å². The van der Waals surface area contributed by atoms with Crippen LogP contribution in [-0.4, -0.2) is 50.7 Å². The summed E-state index contributed by atoms with van der Waals surface area (Å²) in [6, 6.07) is 7.83. The van der Waals surface area contributed by atoms with Crippen molar-refractivity contribution >= 4 is 23.7 Å². The van der Waals surface area contributed by atoms with Crippen LogP contribution in [0.1, 0.15) is 19.3 Å². The quantitative estimate of drug-likeness (QED) is 0.735. The first-order valence-corrected chi connectivity index (χ1v) is 8.06. The van der Waals surface area contributed by atoms with Crippen LogP contribution in [0.2, 0.25) is 0 Å². The van der Waals surface area contributed by atoms with Crippen LogP contribution < -0.4 is 15.1 Å². The van der Waals surface area contributed by atoms with Gasteiger partial charge >= 0.3 is 0 Å². The van der Waals surface area contributed by atoms with E-state index in [2.05, 4.69) is 10.2 Å². The van der Waals surface area contributed by atoms with Gasteiger partial charge in [-0.3, -0.25) is 9.59 Å². The smallest absolute Gasteiger partial charge is 0.221 e. The van der Waals surface area contributed by atoms with Crippen LogP contribution in [0, 0.1) is 5.92 Å². The van der Waals surface area contributed by atoms with Crippen LogP contribution in [0.15, 0.2) is 24.3 Å². The number of amides is 2. The molecule has 0 bridgehead atoms. The van der Waals surface area contributed by atoms with Crippen molar-refractivity contribution in [2.24, 2.45) is 5.92 Å². The fourth-order valence-electron chi connectivity index (χ4n) is 2.82. The van der Waals surface area contributed by atoms with Gasteiger partial charge in [0.2, 0.25) is 12.3 Å². The second kappa shape index (κ2) is 8.53. The Morgan fingerprint density at radius 2 is 2.00 bits per heavy atom. The maximum absolute atomic E-state index is 11.3. The molecular formula is C17H25N3O3. The maximum Gasteiger partial charge on any atom is 0.221 e. The monoisotopic (exact) mass is 319 g/mol. The molecule has 1 aliphatic heterocycles. The van der Waals surface area contributed by atoms with Gasteiger partial charge in [0.25, 0.3) is 0 Å². The number of hydrogen-bond acceptors (Lipinski definition) is 4. The number of carbonyl (C=O) groups excluding carboxylic acids is 2. The molecule has 6 heteroatoms. The van der Waals surface area contributed by atoms with Gasteiger partial charge in [-0.1, -0.05) is 0 Å². The second-order valence-corrected chi connectivity index (χ2v) is 5.85. The van der Waals surface area contributed by atoms with Gasteiger partial charge in [0, 0.05) is 51.1 Å². The molecule has 1 aromatic carbocycles. The Morgan fingerprint density at radius 3 is 2.52 bits per heavy atom. The first-order chi connectivity index (χ1) is 11.2. The number of rotatable bonds is 7. The molecule has 1 fully saturated rings. The van der Waals surface area contributed by atoms with Gasteiger partial charge in [0.05, 0.1) is 0 Å². The molecule has 0 radical (unpaired) electrons. The van der Waals surface area contributed by atoms with Gasteiger partial charge in [0.1, 0.15) is 0 Å². The van der Waals surface area contributed by atoms with Gasteiger partial charge < -0.3 is 20.2 Å². The summed E-state index contributed by atoms with van der Waals surface area (Å²) in [5.74, 6) is 0.334. The minimum Gasteiger partial charge on any atom is -0.396 e. The van der Waals surface area contributed by atoms with E-state index in [0.717, 1.165) is 43.7 Å². The molecule has 0 aromatic heterocycles. The van der Waals surface area contributed by atoms with Gasteiger partial charge in [-0.25, -0.2) is 0 Å². The lowest BCUT2D eigenvalue weighted by Gasteiger charge is -2.33. The highest BCUT2D eigenvalue weighted by atomic mass is 16.3. The van der Waals surface area contributed by atoms with Crippen molar-refractivity contribution in [1.82, 2.24) is 5.32 Å². The number of anilines is 2. The molecule has 0 atom stereocenters. The summed E-state index contributed by atoms with van der Waals surface area (Å²) in [5.41, 5.74) is 1.92. The van der Waals surface area contributed by atoms with Crippen molar-refractivity contribution in [3.05, 3.63) is 24.3 Å². The molecule has 6 nitrogen and oxygen atoms in total. The van der Waals surface area contributed by atoms with Crippen LogP contribution in [0.4, 0.5) is 11.4 Å². The zero-order valence-electron chi connectivity index (χ0n) is 13.6. The van der Waals surface area contributed by atoms with Gasteiger partial charge in [-0.05, 0) is 43.0 Å². The molecule has 1 aromatic rings. The molecule has 1 aliphatic rings. The standard InChI is InChI=1S/C17H25N3O3/c1-18-17(23)8-11-20(13-22)16-4-2-15(3-5-16)19-9-6-14(12-21)7-10-19/h2-5,13-14,21H,6-12H2,1H3,(H,18,23). The minimum absolute atomic E-state index is 0.0831. The Balaban J connectivity index is 1.95. The van der Waals surface area contributed by atoms with E-state index >= 15 is 0 Å². The highest BCUT2D eigenvalue weighted by molar-refractivity contribution is 5.80. The summed E-state index contributed by atoms with van der Waals surface area (Å²) in [6.07, 6.45) is 3.05. The third-order valence-corrected chi connectivity index (χ3v) is 4.41. The van der Waals surface area contributed by atoms with Crippen molar-refractivity contribution in [2.45, 2.75) is 19.3 Å². The summed E-state index contributed by atoms with van der Waals surface area (Å²) in [7, 11) is 1.59. The van der Waals surface area contributed by atoms with Gasteiger partial charge in [0.15, 0.2) is 0 Å². The highest BCUT2D eigenvalue weighted by Crippen LogP contribution is 2.25. The van der Waals surface area contributed by atoms with E-state index in [-0.39, 0.29) is 18.9 Å². The predicted molar refractivity (Wildman–Crippen MR) is 90.6 cm³/mol. The summed E-state index contributed by atoms with van der Waals surface area (Å²) in [4.78, 5) is 26.4. The van der Waals surface area contributed by atoms with Crippen molar-refractivity contribution < 1.29 is 14.7 Å². The fourth-order valence-corrected chi connectivity index (χ4v) is 2.82. The van der Waals surface area contributed by atoms with Crippen LogP contribution in [0.25, 0.3) is 0 Å². The van der Waals surface area contributed by atoms with E-state index in [1.54, 1.807) is 7.05 Å². The molecule has 0 unspecified atom stereocenters. The fraction of sp³-hybridized carbons (Fsp3) is 0.529. The van der Waals surface area contributed by atoms with Crippen LogP contribution in [0.5, 0.6) is 0 Å². The first kappa shape index (κ1) is 17.3. The Morgan fingerprint density at radius 1 is 1.35 bits per heavy atom. The number of benzene rings is 1. The van der Waals surface area contributed by atoms with E-state index in [1.165, 1.54) is 4.90 Å². The summed E-state index contributed by atoms with van der Waals surface area (Å²) >= 11 is 0. The van der Waals surface area contributed by atoms with Crippen LogP contribution in [0.3, 0.4) is 0 Å². The van der Waals surface area contributed by atoms with Crippen molar-refractivity contribution in [2.75, 3.05) is 43.1 Å².